The van der Waals surface area contributed by atoms with E-state index in [2.05, 4.69) is 26.9 Å². The zero-order valence-corrected chi connectivity index (χ0v) is 15.7. The van der Waals surface area contributed by atoms with Gasteiger partial charge in [0.15, 0.2) is 5.13 Å². The Kier molecular flexibility index (Phi) is 6.52. The number of amides is 1. The Hall–Kier alpha value is -1.96. The minimum Gasteiger partial charge on any atom is -0.465 e. The summed E-state index contributed by atoms with van der Waals surface area (Å²) in [4.78, 5) is 31.9. The summed E-state index contributed by atoms with van der Waals surface area (Å²) in [5.74, 6) is -0.653. The van der Waals surface area contributed by atoms with Crippen LogP contribution in [0.15, 0.2) is 24.3 Å². The van der Waals surface area contributed by atoms with Gasteiger partial charge in [-0.2, -0.15) is 0 Å². The molecule has 2 heterocycles. The van der Waals surface area contributed by atoms with E-state index in [1.54, 1.807) is 24.3 Å². The van der Waals surface area contributed by atoms with E-state index in [9.17, 15) is 9.59 Å². The third kappa shape index (κ3) is 4.36. The number of carbonyl (C=O) groups excluding carboxylic acids is 2. The maximum Gasteiger partial charge on any atom is 0.337 e. The first kappa shape index (κ1) is 19.4. The molecule has 1 N–H and O–H groups in total. The van der Waals surface area contributed by atoms with Crippen molar-refractivity contribution in [3.8, 4) is 0 Å². The second-order valence-electron chi connectivity index (χ2n) is 5.53. The molecule has 1 aromatic carbocycles. The Bertz CT molecular complexity index is 761. The molecule has 2 aromatic rings. The smallest absolute Gasteiger partial charge is 0.337 e. The highest BCUT2D eigenvalue weighted by Gasteiger charge is 2.20. The van der Waals surface area contributed by atoms with Gasteiger partial charge in [0.2, 0.25) is 0 Å². The number of nitrogens with zero attached hydrogens (tertiary/aromatic N) is 2. The van der Waals surface area contributed by atoms with Crippen LogP contribution in [0.1, 0.15) is 38.2 Å². The van der Waals surface area contributed by atoms with Crippen molar-refractivity contribution in [1.82, 2.24) is 9.88 Å². The quantitative estimate of drug-likeness (QED) is 0.824. The fourth-order valence-electron chi connectivity index (χ4n) is 2.62. The van der Waals surface area contributed by atoms with E-state index in [-0.39, 0.29) is 18.3 Å². The number of benzene rings is 1. The molecule has 1 amide bonds. The molecule has 0 atom stereocenters. The van der Waals surface area contributed by atoms with Gasteiger partial charge in [-0.05, 0) is 30.8 Å². The predicted molar refractivity (Wildman–Crippen MR) is 99.8 cm³/mol. The molecule has 3 rings (SSSR count). The summed E-state index contributed by atoms with van der Waals surface area (Å²) in [5.41, 5.74) is 1.98. The van der Waals surface area contributed by atoms with Gasteiger partial charge in [-0.25, -0.2) is 9.78 Å². The minimum absolute atomic E-state index is 0. The molecular weight excluding hydrogens is 362 g/mol. The van der Waals surface area contributed by atoms with Crippen molar-refractivity contribution in [3.63, 3.8) is 0 Å². The summed E-state index contributed by atoms with van der Waals surface area (Å²) < 4.78 is 4.64. The number of ether oxygens (including phenoxy) is 1. The number of aromatic nitrogens is 1. The highest BCUT2D eigenvalue weighted by molar-refractivity contribution is 7.15. The Morgan fingerprint density at radius 1 is 1.28 bits per heavy atom. The van der Waals surface area contributed by atoms with Gasteiger partial charge in [-0.15, -0.1) is 23.7 Å². The van der Waals surface area contributed by atoms with Crippen LogP contribution in [-0.2, 0) is 17.7 Å². The zero-order chi connectivity index (χ0) is 17.1. The number of methoxy groups -OCH3 is 1. The van der Waals surface area contributed by atoms with Crippen molar-refractivity contribution in [2.45, 2.75) is 19.9 Å². The third-order valence-corrected chi connectivity index (χ3v) is 5.04. The van der Waals surface area contributed by atoms with Crippen molar-refractivity contribution >= 4 is 40.8 Å². The van der Waals surface area contributed by atoms with Gasteiger partial charge in [0, 0.05) is 30.0 Å². The number of fused-ring (bicyclic) bond motifs is 1. The Labute approximate surface area is 156 Å². The fourth-order valence-corrected chi connectivity index (χ4v) is 3.66. The van der Waals surface area contributed by atoms with Gasteiger partial charge in [0.25, 0.3) is 5.91 Å². The number of thiazole rings is 1. The average molecular weight is 382 g/mol. The fraction of sp³-hybridized carbons (Fsp3) is 0.353. The van der Waals surface area contributed by atoms with E-state index in [4.69, 9.17) is 0 Å². The molecular formula is C17H20ClN3O3S. The van der Waals surface area contributed by atoms with E-state index in [1.165, 1.54) is 23.3 Å². The summed E-state index contributed by atoms with van der Waals surface area (Å²) in [6.45, 7) is 5.07. The van der Waals surface area contributed by atoms with Crippen LogP contribution in [0, 0.1) is 0 Å². The summed E-state index contributed by atoms with van der Waals surface area (Å²) in [5, 5.41) is 3.47. The Morgan fingerprint density at radius 2 is 1.96 bits per heavy atom. The van der Waals surface area contributed by atoms with Crippen LogP contribution >= 0.6 is 23.7 Å². The lowest BCUT2D eigenvalue weighted by Crippen LogP contribution is -2.29. The highest BCUT2D eigenvalue weighted by atomic mass is 35.5. The van der Waals surface area contributed by atoms with Crippen molar-refractivity contribution in [2.24, 2.45) is 0 Å². The van der Waals surface area contributed by atoms with E-state index < -0.39 is 5.97 Å². The Balaban J connectivity index is 0.00000225. The van der Waals surface area contributed by atoms with E-state index in [0.29, 0.717) is 16.3 Å². The molecule has 6 nitrogen and oxygen atoms in total. The number of hydrogen-bond acceptors (Lipinski definition) is 6. The maximum absolute atomic E-state index is 12.3. The summed E-state index contributed by atoms with van der Waals surface area (Å²) in [6, 6.07) is 6.36. The van der Waals surface area contributed by atoms with Crippen molar-refractivity contribution in [3.05, 3.63) is 46.0 Å². The van der Waals surface area contributed by atoms with Gasteiger partial charge in [-0.3, -0.25) is 15.0 Å². The molecule has 134 valence electrons. The van der Waals surface area contributed by atoms with Crippen molar-refractivity contribution < 1.29 is 14.3 Å². The number of carbonyl (C=O) groups is 2. The number of likely N-dealkylation sites (N-methyl/N-ethyl adjacent to an activating group) is 1. The summed E-state index contributed by atoms with van der Waals surface area (Å²) in [6.07, 6.45) is 0.920. The predicted octanol–water partition coefficient (Wildman–Crippen LogP) is 2.98. The number of hydrogen-bond donors (Lipinski definition) is 1. The normalized spacial score (nSPS) is 13.5. The summed E-state index contributed by atoms with van der Waals surface area (Å²) in [7, 11) is 1.33. The zero-order valence-electron chi connectivity index (χ0n) is 14.1. The molecule has 0 saturated carbocycles. The molecule has 0 aliphatic carbocycles. The standard InChI is InChI=1S/C17H19N3O3S.ClH/c1-3-20-9-8-13-14(10-20)24-17(18-13)19-15(21)11-4-6-12(7-5-11)16(22)23-2;/h4-7H,3,8-10H2,1-2H3,(H,18,19,21);1H. The van der Waals surface area contributed by atoms with Gasteiger partial charge in [0.05, 0.1) is 18.4 Å². The van der Waals surface area contributed by atoms with Crippen molar-refractivity contribution in [2.75, 3.05) is 25.5 Å². The van der Waals surface area contributed by atoms with E-state index >= 15 is 0 Å². The molecule has 25 heavy (non-hydrogen) atoms. The Morgan fingerprint density at radius 3 is 2.60 bits per heavy atom. The number of rotatable bonds is 4. The van der Waals surface area contributed by atoms with Crippen LogP contribution < -0.4 is 5.32 Å². The highest BCUT2D eigenvalue weighted by Crippen LogP contribution is 2.28. The average Bonchev–Trinajstić information content (AvgIpc) is 3.02. The minimum atomic E-state index is -0.421. The molecule has 0 saturated heterocycles. The van der Waals surface area contributed by atoms with Crippen LogP contribution in [-0.4, -0.2) is 42.0 Å². The second kappa shape index (κ2) is 8.42. The van der Waals surface area contributed by atoms with Gasteiger partial charge < -0.3 is 4.74 Å². The topological polar surface area (TPSA) is 71.5 Å². The maximum atomic E-state index is 12.3. The van der Waals surface area contributed by atoms with Gasteiger partial charge >= 0.3 is 5.97 Å². The van der Waals surface area contributed by atoms with E-state index in [1.807, 2.05) is 0 Å². The first-order valence-electron chi connectivity index (χ1n) is 7.81. The lowest BCUT2D eigenvalue weighted by molar-refractivity contribution is 0.0600. The molecule has 0 unspecified atom stereocenters. The molecule has 1 aliphatic rings. The molecule has 0 bridgehead atoms. The SMILES string of the molecule is CCN1CCc2nc(NC(=O)c3ccc(C(=O)OC)cc3)sc2C1.Cl. The van der Waals surface area contributed by atoms with Gasteiger partial charge in [0.1, 0.15) is 0 Å². The first-order valence-corrected chi connectivity index (χ1v) is 8.63. The number of nitrogens with one attached hydrogen (secondary N) is 1. The van der Waals surface area contributed by atoms with Crippen molar-refractivity contribution in [1.29, 1.82) is 0 Å². The van der Waals surface area contributed by atoms with Crippen LogP contribution in [0.25, 0.3) is 0 Å². The van der Waals surface area contributed by atoms with Crippen LogP contribution in [0.5, 0.6) is 0 Å². The monoisotopic (exact) mass is 381 g/mol. The molecule has 1 aromatic heterocycles. The number of anilines is 1. The largest absolute Gasteiger partial charge is 0.465 e. The lowest BCUT2D eigenvalue weighted by Gasteiger charge is -2.23. The molecule has 1 aliphatic heterocycles. The number of halogens is 1. The van der Waals surface area contributed by atoms with Crippen LogP contribution in [0.4, 0.5) is 5.13 Å². The molecule has 0 radical (unpaired) electrons. The van der Waals surface area contributed by atoms with Gasteiger partial charge in [-0.1, -0.05) is 6.92 Å². The second-order valence-corrected chi connectivity index (χ2v) is 6.61. The lowest BCUT2D eigenvalue weighted by atomic mass is 10.1. The first-order chi connectivity index (χ1) is 11.6. The number of esters is 1. The van der Waals surface area contributed by atoms with E-state index in [0.717, 1.165) is 31.7 Å². The van der Waals surface area contributed by atoms with Crippen LogP contribution in [0.2, 0.25) is 0 Å². The molecule has 8 heteroatoms. The third-order valence-electron chi connectivity index (χ3n) is 4.05. The molecule has 0 fully saturated rings. The molecule has 0 spiro atoms. The van der Waals surface area contributed by atoms with Crippen LogP contribution in [0.3, 0.4) is 0 Å². The summed E-state index contributed by atoms with van der Waals surface area (Å²) >= 11 is 1.53.